The van der Waals surface area contributed by atoms with Crippen LogP contribution >= 0.6 is 0 Å². The van der Waals surface area contributed by atoms with Crippen LogP contribution in [0.2, 0.25) is 0 Å². The van der Waals surface area contributed by atoms with E-state index in [0.717, 1.165) is 0 Å². The van der Waals surface area contributed by atoms with Crippen LogP contribution < -0.4 is 20.6 Å². The Kier molecular flexibility index (Phi) is 8.23. The third-order valence-electron chi connectivity index (χ3n) is 7.79. The Labute approximate surface area is 253 Å². The van der Waals surface area contributed by atoms with Crippen molar-refractivity contribution < 1.29 is 18.3 Å². The van der Waals surface area contributed by atoms with Crippen molar-refractivity contribution in [2.45, 2.75) is 32.7 Å². The lowest BCUT2D eigenvalue weighted by atomic mass is 10.1. The van der Waals surface area contributed by atoms with Gasteiger partial charge in [0.1, 0.15) is 36.0 Å². The van der Waals surface area contributed by atoms with Crippen LogP contribution in [0, 0.1) is 11.6 Å². The molecule has 0 amide bonds. The van der Waals surface area contributed by atoms with E-state index in [2.05, 4.69) is 36.7 Å². The van der Waals surface area contributed by atoms with Crippen molar-refractivity contribution in [2.24, 2.45) is 0 Å². The molecular formula is C31H34F2N8O3. The van der Waals surface area contributed by atoms with E-state index in [9.17, 15) is 4.79 Å². The smallest absolute Gasteiger partial charge is 0.356 e. The van der Waals surface area contributed by atoms with Crippen molar-refractivity contribution in [2.75, 3.05) is 56.3 Å². The van der Waals surface area contributed by atoms with Gasteiger partial charge in [-0.2, -0.15) is 9.97 Å². The lowest BCUT2D eigenvalue weighted by Crippen LogP contribution is -2.53. The van der Waals surface area contributed by atoms with Gasteiger partial charge in [-0.3, -0.25) is 4.90 Å². The Morgan fingerprint density at radius 1 is 1.20 bits per heavy atom. The lowest BCUT2D eigenvalue weighted by molar-refractivity contribution is 0.0338. The summed E-state index contributed by atoms with van der Waals surface area (Å²) in [6.45, 7) is 12.6. The van der Waals surface area contributed by atoms with E-state index in [4.69, 9.17) is 9.47 Å². The fraction of sp³-hybridized carbons (Fsp3) is 0.387. The first-order chi connectivity index (χ1) is 21.3. The van der Waals surface area contributed by atoms with Gasteiger partial charge in [0.2, 0.25) is 5.88 Å². The van der Waals surface area contributed by atoms with Gasteiger partial charge in [-0.15, -0.1) is 6.58 Å². The Morgan fingerprint density at radius 3 is 2.82 bits per heavy atom. The zero-order valence-corrected chi connectivity index (χ0v) is 24.9. The summed E-state index contributed by atoms with van der Waals surface area (Å²) in [4.78, 5) is 36.3. The molecule has 0 aliphatic carbocycles. The summed E-state index contributed by atoms with van der Waals surface area (Å²) in [7, 11) is 0. The Bertz CT molecular complexity index is 1780. The second kappa shape index (κ2) is 12.2. The Morgan fingerprint density at radius 2 is 2.05 bits per heavy atom. The van der Waals surface area contributed by atoms with Crippen LogP contribution in [0.5, 0.6) is 5.88 Å². The van der Waals surface area contributed by atoms with Gasteiger partial charge in [0, 0.05) is 37.9 Å². The van der Waals surface area contributed by atoms with Crippen LogP contribution in [0.4, 0.5) is 20.3 Å². The third-order valence-corrected chi connectivity index (χ3v) is 7.79. The molecule has 44 heavy (non-hydrogen) atoms. The highest BCUT2D eigenvalue weighted by molar-refractivity contribution is 5.91. The molecule has 5 heterocycles. The fourth-order valence-corrected chi connectivity index (χ4v) is 5.79. The van der Waals surface area contributed by atoms with E-state index in [1.54, 1.807) is 12.1 Å². The van der Waals surface area contributed by atoms with Crippen LogP contribution in [0.1, 0.15) is 32.4 Å². The van der Waals surface area contributed by atoms with Gasteiger partial charge in [0.25, 0.3) is 0 Å². The quantitative estimate of drug-likeness (QED) is 0.255. The molecule has 230 valence electrons. The van der Waals surface area contributed by atoms with Crippen molar-refractivity contribution in [3.8, 4) is 22.8 Å². The molecular weight excluding hydrogens is 570 g/mol. The summed E-state index contributed by atoms with van der Waals surface area (Å²) < 4.78 is 44.5. The van der Waals surface area contributed by atoms with E-state index >= 15 is 8.78 Å². The van der Waals surface area contributed by atoms with Gasteiger partial charge < -0.3 is 19.7 Å². The van der Waals surface area contributed by atoms with Gasteiger partial charge in [0.05, 0.1) is 30.0 Å². The Balaban J connectivity index is 1.61. The molecule has 1 atom stereocenters. The average Bonchev–Trinajstić information content (AvgIpc) is 2.99. The first-order valence-electron chi connectivity index (χ1n) is 14.6. The predicted molar refractivity (Wildman–Crippen MR) is 164 cm³/mol. The zero-order chi connectivity index (χ0) is 31.0. The van der Waals surface area contributed by atoms with Gasteiger partial charge in [-0.1, -0.05) is 26.0 Å². The summed E-state index contributed by atoms with van der Waals surface area (Å²) in [5.74, 6) is -1.08. The first-order valence-corrected chi connectivity index (χ1v) is 14.6. The van der Waals surface area contributed by atoms with Crippen molar-refractivity contribution in [3.63, 3.8) is 0 Å². The maximum atomic E-state index is 16.1. The molecule has 11 nitrogen and oxygen atoms in total. The highest BCUT2D eigenvalue weighted by Gasteiger charge is 2.31. The molecule has 1 fully saturated rings. The van der Waals surface area contributed by atoms with Crippen molar-refractivity contribution >= 4 is 22.5 Å². The molecule has 2 aliphatic heterocycles. The fourth-order valence-electron chi connectivity index (χ4n) is 5.79. The van der Waals surface area contributed by atoms with Crippen LogP contribution in [-0.4, -0.2) is 81.6 Å². The normalized spacial score (nSPS) is 17.0. The maximum absolute atomic E-state index is 16.1. The minimum absolute atomic E-state index is 0.0417. The molecule has 4 aromatic rings. The molecule has 2 bridgehead atoms. The summed E-state index contributed by atoms with van der Waals surface area (Å²) in [6, 6.07) is 5.62. The van der Waals surface area contributed by atoms with E-state index in [-0.39, 0.29) is 53.6 Å². The maximum Gasteiger partial charge on any atom is 0.356 e. The van der Waals surface area contributed by atoms with Gasteiger partial charge in [0.15, 0.2) is 11.5 Å². The number of hydrogen-bond donors (Lipinski definition) is 1. The minimum atomic E-state index is -0.745. The van der Waals surface area contributed by atoms with Crippen LogP contribution in [-0.2, 0) is 4.74 Å². The average molecular weight is 605 g/mol. The number of fused-ring (bicyclic) bond motifs is 5. The molecule has 0 radical (unpaired) electrons. The molecule has 0 unspecified atom stereocenters. The molecule has 6 rings (SSSR count). The third kappa shape index (κ3) is 5.37. The van der Waals surface area contributed by atoms with Crippen LogP contribution in [0.15, 0.2) is 48.0 Å². The second-order valence-electron chi connectivity index (χ2n) is 11.2. The van der Waals surface area contributed by atoms with Gasteiger partial charge in [-0.05, 0) is 31.0 Å². The highest BCUT2D eigenvalue weighted by atomic mass is 19.1. The summed E-state index contributed by atoms with van der Waals surface area (Å²) in [6.07, 6.45) is 3.08. The topological polar surface area (TPSA) is 111 Å². The molecule has 13 heteroatoms. The van der Waals surface area contributed by atoms with E-state index in [1.807, 2.05) is 25.7 Å². The highest BCUT2D eigenvalue weighted by Crippen LogP contribution is 2.37. The molecule has 1 aromatic carbocycles. The molecule has 3 aromatic heterocycles. The number of hydrogen-bond acceptors (Lipinski definition) is 10. The predicted octanol–water partition coefficient (Wildman–Crippen LogP) is 4.11. The zero-order valence-electron chi connectivity index (χ0n) is 24.9. The molecule has 0 saturated carbocycles. The van der Waals surface area contributed by atoms with Gasteiger partial charge in [-0.25, -0.2) is 28.1 Å². The summed E-state index contributed by atoms with van der Waals surface area (Å²) in [5.41, 5.74) is 0.305. The van der Waals surface area contributed by atoms with Crippen molar-refractivity contribution in [1.82, 2.24) is 29.4 Å². The molecule has 0 spiro atoms. The van der Waals surface area contributed by atoms with Gasteiger partial charge >= 0.3 is 5.69 Å². The van der Waals surface area contributed by atoms with E-state index in [1.165, 1.54) is 29.1 Å². The van der Waals surface area contributed by atoms with Crippen molar-refractivity contribution in [1.29, 1.82) is 0 Å². The number of rotatable bonds is 6. The molecule has 1 saturated heterocycles. The van der Waals surface area contributed by atoms with Crippen LogP contribution in [0.25, 0.3) is 28.0 Å². The SMILES string of the molecule is C=CCOCN1CCN(c2nc(=O)n3c4nc(c(F)cc24)-c2c(F)cccc2NCCOc2ncnc(C(C)C)c2-3)[C@@H](C)C1. The number of anilines is 2. The number of piperazine rings is 1. The number of nitrogens with zero attached hydrogens (tertiary/aromatic N) is 7. The number of ether oxygens (including phenoxy) is 2. The second-order valence-corrected chi connectivity index (χ2v) is 11.2. The Hall–Kier alpha value is -4.49. The summed E-state index contributed by atoms with van der Waals surface area (Å²) >= 11 is 0. The molecule has 2 aliphatic rings. The number of pyridine rings is 1. The van der Waals surface area contributed by atoms with Crippen LogP contribution in [0.3, 0.4) is 0 Å². The van der Waals surface area contributed by atoms with Crippen molar-refractivity contribution in [3.05, 3.63) is 71.1 Å². The monoisotopic (exact) mass is 604 g/mol. The molecule has 1 N–H and O–H groups in total. The lowest BCUT2D eigenvalue weighted by Gasteiger charge is -2.40. The summed E-state index contributed by atoms with van der Waals surface area (Å²) in [5, 5.41) is 3.42. The number of benzene rings is 1. The van der Waals surface area contributed by atoms with E-state index in [0.29, 0.717) is 55.6 Å². The standard InChI is InChI=1S/C31H34F2N8O3/c1-5-12-43-17-39-10-11-40(19(4)15-39)28-20-14-22(33)26-24-21(32)7-6-8-23(24)34-9-13-44-30-27(25(18(2)3)35-16-36-30)41(29(20)37-26)31(42)38-28/h5-8,14,16,18-19,34H,1,9-13,15,17H2,2-4H3/t19-/m0/s1. The largest absolute Gasteiger partial charge is 0.474 e. The minimum Gasteiger partial charge on any atom is -0.474 e. The first kappa shape index (κ1) is 29.6. The number of halogens is 2. The number of aromatic nitrogens is 5. The van der Waals surface area contributed by atoms with E-state index < -0.39 is 17.3 Å². The number of nitrogens with one attached hydrogen (secondary N) is 1.